The minimum absolute atomic E-state index is 0.742. The van der Waals surface area contributed by atoms with Gasteiger partial charge in [0.15, 0.2) is 0 Å². The molecule has 1 nitrogen and oxygen atoms in total. The van der Waals surface area contributed by atoms with Crippen molar-refractivity contribution in [3.8, 4) is 27.9 Å². The highest BCUT2D eigenvalue weighted by Crippen LogP contribution is 2.37. The fraction of sp³-hybridized carbons (Fsp3) is 0. The van der Waals surface area contributed by atoms with Crippen molar-refractivity contribution in [2.75, 3.05) is 0 Å². The van der Waals surface area contributed by atoms with E-state index in [0.29, 0.717) is 0 Å². The lowest BCUT2D eigenvalue weighted by atomic mass is 9.94. The Balaban J connectivity index is 1.59. The molecule has 0 saturated carbocycles. The van der Waals surface area contributed by atoms with Crippen molar-refractivity contribution >= 4 is 33.4 Å². The molecule has 0 fully saturated rings. The van der Waals surface area contributed by atoms with Crippen LogP contribution in [0.3, 0.4) is 0 Å². The standard InChI is InChI=1S/C30H20ClN/c31-23-17-18-25(28(20-23)21-9-2-1-3-10-21)22-11-8-12-24(19-22)32-29-15-6-4-13-26(29)27-14-5-7-16-30(27)32/h1-20H. The molecule has 0 aliphatic heterocycles. The molecule has 6 aromatic rings. The van der Waals surface area contributed by atoms with Crippen LogP contribution in [0.4, 0.5) is 0 Å². The molecule has 0 aliphatic rings. The normalized spacial score (nSPS) is 11.3. The zero-order valence-corrected chi connectivity index (χ0v) is 18.1. The second-order valence-electron chi connectivity index (χ2n) is 7.98. The monoisotopic (exact) mass is 429 g/mol. The van der Waals surface area contributed by atoms with Crippen molar-refractivity contribution in [3.63, 3.8) is 0 Å². The summed E-state index contributed by atoms with van der Waals surface area (Å²) in [6.45, 7) is 0. The van der Waals surface area contributed by atoms with Crippen molar-refractivity contribution < 1.29 is 0 Å². The van der Waals surface area contributed by atoms with Gasteiger partial charge in [-0.25, -0.2) is 0 Å². The minimum Gasteiger partial charge on any atom is -0.309 e. The molecule has 2 heteroatoms. The maximum atomic E-state index is 6.39. The molecule has 32 heavy (non-hydrogen) atoms. The van der Waals surface area contributed by atoms with Crippen LogP contribution in [-0.4, -0.2) is 4.57 Å². The quantitative estimate of drug-likeness (QED) is 0.265. The van der Waals surface area contributed by atoms with Gasteiger partial charge in [-0.15, -0.1) is 0 Å². The summed E-state index contributed by atoms with van der Waals surface area (Å²) in [6, 6.07) is 42.5. The molecule has 0 amide bonds. The Hall–Kier alpha value is -3.81. The SMILES string of the molecule is Clc1ccc(-c2cccc(-n3c4ccccc4c4ccccc43)c2)c(-c2ccccc2)c1. The lowest BCUT2D eigenvalue weighted by Gasteiger charge is -2.14. The third kappa shape index (κ3) is 3.10. The summed E-state index contributed by atoms with van der Waals surface area (Å²) in [7, 11) is 0. The van der Waals surface area contributed by atoms with Gasteiger partial charge in [0.1, 0.15) is 0 Å². The van der Waals surface area contributed by atoms with Crippen LogP contribution in [0.15, 0.2) is 121 Å². The molecule has 152 valence electrons. The third-order valence-corrected chi connectivity index (χ3v) is 6.30. The average Bonchev–Trinajstić information content (AvgIpc) is 3.19. The largest absolute Gasteiger partial charge is 0.309 e. The summed E-state index contributed by atoms with van der Waals surface area (Å²) < 4.78 is 2.35. The molecule has 0 aliphatic carbocycles. The zero-order chi connectivity index (χ0) is 21.5. The van der Waals surface area contributed by atoms with E-state index in [2.05, 4.69) is 114 Å². The molecule has 5 aromatic carbocycles. The number of benzene rings is 5. The molecule has 1 heterocycles. The van der Waals surface area contributed by atoms with Gasteiger partial charge in [0.05, 0.1) is 11.0 Å². The highest BCUT2D eigenvalue weighted by atomic mass is 35.5. The van der Waals surface area contributed by atoms with Gasteiger partial charge in [0, 0.05) is 21.5 Å². The van der Waals surface area contributed by atoms with E-state index in [1.807, 2.05) is 12.1 Å². The van der Waals surface area contributed by atoms with E-state index in [1.165, 1.54) is 32.9 Å². The van der Waals surface area contributed by atoms with Gasteiger partial charge in [-0.1, -0.05) is 96.5 Å². The third-order valence-electron chi connectivity index (χ3n) is 6.06. The summed E-state index contributed by atoms with van der Waals surface area (Å²) in [5.74, 6) is 0. The maximum Gasteiger partial charge on any atom is 0.0541 e. The first-order chi connectivity index (χ1) is 15.8. The summed E-state index contributed by atoms with van der Waals surface area (Å²) in [6.07, 6.45) is 0. The molecule has 1 aromatic heterocycles. The fourth-order valence-electron chi connectivity index (χ4n) is 4.64. The van der Waals surface area contributed by atoms with Crippen molar-refractivity contribution in [1.29, 1.82) is 0 Å². The van der Waals surface area contributed by atoms with Crippen LogP contribution in [0.5, 0.6) is 0 Å². The number of nitrogens with zero attached hydrogens (tertiary/aromatic N) is 1. The Morgan fingerprint density at radius 1 is 0.469 bits per heavy atom. The van der Waals surface area contributed by atoms with Crippen LogP contribution in [0, 0.1) is 0 Å². The molecule has 0 radical (unpaired) electrons. The van der Waals surface area contributed by atoms with Gasteiger partial charge in [-0.05, 0) is 58.7 Å². The number of fused-ring (bicyclic) bond motifs is 3. The molecular formula is C30H20ClN. The number of halogens is 1. The van der Waals surface area contributed by atoms with E-state index < -0.39 is 0 Å². The maximum absolute atomic E-state index is 6.39. The highest BCUT2D eigenvalue weighted by Gasteiger charge is 2.13. The minimum atomic E-state index is 0.742. The van der Waals surface area contributed by atoms with Gasteiger partial charge in [0.2, 0.25) is 0 Å². The number of aromatic nitrogens is 1. The molecular weight excluding hydrogens is 410 g/mol. The van der Waals surface area contributed by atoms with Gasteiger partial charge in [-0.3, -0.25) is 0 Å². The lowest BCUT2D eigenvalue weighted by molar-refractivity contribution is 1.18. The van der Waals surface area contributed by atoms with E-state index in [-0.39, 0.29) is 0 Å². The van der Waals surface area contributed by atoms with Crippen molar-refractivity contribution in [1.82, 2.24) is 4.57 Å². The summed E-state index contributed by atoms with van der Waals surface area (Å²) >= 11 is 6.39. The highest BCUT2D eigenvalue weighted by molar-refractivity contribution is 6.31. The van der Waals surface area contributed by atoms with E-state index in [0.717, 1.165) is 21.8 Å². The van der Waals surface area contributed by atoms with Crippen LogP contribution >= 0.6 is 11.6 Å². The predicted octanol–water partition coefficient (Wildman–Crippen LogP) is 8.77. The Labute approximate surface area is 192 Å². The first-order valence-corrected chi connectivity index (χ1v) is 11.1. The first-order valence-electron chi connectivity index (χ1n) is 10.7. The summed E-state index contributed by atoms with van der Waals surface area (Å²) in [4.78, 5) is 0. The summed E-state index contributed by atoms with van der Waals surface area (Å²) in [5, 5.41) is 3.28. The van der Waals surface area contributed by atoms with Crippen LogP contribution < -0.4 is 0 Å². The van der Waals surface area contributed by atoms with Gasteiger partial charge in [0.25, 0.3) is 0 Å². The molecule has 0 atom stereocenters. The van der Waals surface area contributed by atoms with Crippen LogP contribution in [-0.2, 0) is 0 Å². The van der Waals surface area contributed by atoms with E-state index >= 15 is 0 Å². The van der Waals surface area contributed by atoms with Gasteiger partial charge < -0.3 is 4.57 Å². The van der Waals surface area contributed by atoms with E-state index in [9.17, 15) is 0 Å². The van der Waals surface area contributed by atoms with Crippen molar-refractivity contribution in [3.05, 3.63) is 126 Å². The van der Waals surface area contributed by atoms with Crippen molar-refractivity contribution in [2.45, 2.75) is 0 Å². The van der Waals surface area contributed by atoms with E-state index in [4.69, 9.17) is 11.6 Å². The molecule has 0 bridgehead atoms. The van der Waals surface area contributed by atoms with Crippen LogP contribution in [0.25, 0.3) is 49.7 Å². The molecule has 0 saturated heterocycles. The number of hydrogen-bond acceptors (Lipinski definition) is 0. The number of hydrogen-bond donors (Lipinski definition) is 0. The lowest BCUT2D eigenvalue weighted by Crippen LogP contribution is -1.94. The predicted molar refractivity (Wildman–Crippen MR) is 137 cm³/mol. The van der Waals surface area contributed by atoms with Crippen molar-refractivity contribution in [2.24, 2.45) is 0 Å². The van der Waals surface area contributed by atoms with Crippen LogP contribution in [0.1, 0.15) is 0 Å². The topological polar surface area (TPSA) is 4.93 Å². The number of para-hydroxylation sites is 2. The molecule has 6 rings (SSSR count). The number of rotatable bonds is 3. The second kappa shape index (κ2) is 7.71. The average molecular weight is 430 g/mol. The van der Waals surface area contributed by atoms with Gasteiger partial charge in [-0.2, -0.15) is 0 Å². The second-order valence-corrected chi connectivity index (χ2v) is 8.41. The fourth-order valence-corrected chi connectivity index (χ4v) is 4.81. The van der Waals surface area contributed by atoms with Gasteiger partial charge >= 0.3 is 0 Å². The molecule has 0 spiro atoms. The zero-order valence-electron chi connectivity index (χ0n) is 17.4. The Morgan fingerprint density at radius 2 is 1.09 bits per heavy atom. The smallest absolute Gasteiger partial charge is 0.0541 e. The summed E-state index contributed by atoms with van der Waals surface area (Å²) in [5.41, 5.74) is 8.21. The molecule has 0 unspecified atom stereocenters. The Bertz CT molecular complexity index is 1520. The van der Waals surface area contributed by atoms with Crippen LogP contribution in [0.2, 0.25) is 5.02 Å². The Kier molecular flexibility index (Phi) is 4.56. The molecule has 0 N–H and O–H groups in total. The first kappa shape index (κ1) is 18.9. The van der Waals surface area contributed by atoms with E-state index in [1.54, 1.807) is 0 Å². The Morgan fingerprint density at radius 3 is 1.81 bits per heavy atom.